The number of anilines is 3. The fourth-order valence-corrected chi connectivity index (χ4v) is 5.11. The van der Waals surface area contributed by atoms with Crippen molar-refractivity contribution >= 4 is 39.9 Å². The Kier molecular flexibility index (Phi) is 6.50. The molecule has 0 saturated carbocycles. The first kappa shape index (κ1) is 24.4. The number of nitrogens with zero attached hydrogens (tertiary/aromatic N) is 4. The van der Waals surface area contributed by atoms with Gasteiger partial charge in [-0.15, -0.1) is 10.2 Å². The molecule has 3 heterocycles. The average Bonchev–Trinajstić information content (AvgIpc) is 3.32. The molecular weight excluding hydrogens is 488 g/mol. The predicted molar refractivity (Wildman–Crippen MR) is 153 cm³/mol. The Bertz CT molecular complexity index is 1660. The van der Waals surface area contributed by atoms with Crippen LogP contribution in [0.15, 0.2) is 91.1 Å². The summed E-state index contributed by atoms with van der Waals surface area (Å²) in [6, 6.07) is 27.6. The molecule has 194 valence electrons. The molecule has 6 rings (SSSR count). The molecule has 1 aliphatic heterocycles. The molecule has 0 spiro atoms. The molecule has 0 unspecified atom stereocenters. The monoisotopic (exact) mass is 516 g/mol. The molecule has 8 heteroatoms. The van der Waals surface area contributed by atoms with Crippen LogP contribution in [0.5, 0.6) is 0 Å². The zero-order valence-corrected chi connectivity index (χ0v) is 21.6. The van der Waals surface area contributed by atoms with Crippen molar-refractivity contribution in [2.45, 2.75) is 26.3 Å². The smallest absolute Gasteiger partial charge is 0.228 e. The van der Waals surface area contributed by atoms with Crippen LogP contribution in [-0.4, -0.2) is 33.1 Å². The highest BCUT2D eigenvalue weighted by Gasteiger charge is 2.18. The van der Waals surface area contributed by atoms with Gasteiger partial charge < -0.3 is 15.5 Å². The van der Waals surface area contributed by atoms with E-state index in [4.69, 9.17) is 0 Å². The van der Waals surface area contributed by atoms with Crippen molar-refractivity contribution in [1.29, 1.82) is 0 Å². The van der Waals surface area contributed by atoms with E-state index in [1.807, 2.05) is 47.2 Å². The van der Waals surface area contributed by atoms with Crippen molar-refractivity contribution in [2.24, 2.45) is 0 Å². The van der Waals surface area contributed by atoms with Crippen LogP contribution >= 0.6 is 0 Å². The first-order chi connectivity index (χ1) is 19.0. The van der Waals surface area contributed by atoms with Crippen LogP contribution < -0.4 is 15.5 Å². The lowest BCUT2D eigenvalue weighted by molar-refractivity contribution is -0.116. The van der Waals surface area contributed by atoms with Crippen LogP contribution in [0.3, 0.4) is 0 Å². The second-order valence-corrected chi connectivity index (χ2v) is 9.71. The fourth-order valence-electron chi connectivity index (χ4n) is 5.11. The molecular formula is C31H28N6O2. The molecule has 5 aromatic rings. The number of nitrogens with one attached hydrogen (secondary N) is 2. The van der Waals surface area contributed by atoms with Crippen LogP contribution in [0.1, 0.15) is 23.6 Å². The fraction of sp³-hybridized carbons (Fsp3) is 0.161. The Hall–Kier alpha value is -4.98. The largest absolute Gasteiger partial charge is 0.350 e. The molecule has 8 nitrogen and oxygen atoms in total. The first-order valence-corrected chi connectivity index (χ1v) is 13.0. The topological polar surface area (TPSA) is 92.2 Å². The van der Waals surface area contributed by atoms with Gasteiger partial charge in [-0.25, -0.2) is 0 Å². The van der Waals surface area contributed by atoms with Gasteiger partial charge in [-0.1, -0.05) is 42.5 Å². The highest BCUT2D eigenvalue weighted by Crippen LogP contribution is 2.27. The Balaban J connectivity index is 1.20. The molecule has 2 N–H and O–H groups in total. The lowest BCUT2D eigenvalue weighted by Gasteiger charge is -2.29. The van der Waals surface area contributed by atoms with E-state index in [0.717, 1.165) is 41.8 Å². The molecule has 0 saturated heterocycles. The summed E-state index contributed by atoms with van der Waals surface area (Å²) in [4.78, 5) is 26.4. The summed E-state index contributed by atoms with van der Waals surface area (Å²) in [5.41, 5.74) is 5.94. The summed E-state index contributed by atoms with van der Waals surface area (Å²) in [7, 11) is 0. The third kappa shape index (κ3) is 5.22. The number of hydrogen-bond donors (Lipinski definition) is 2. The SMILES string of the molecule is CC(=O)Nc1ccc(NC(=O)Cc2cn(-c3ccc(N4CCc5ccccc5C4)nn3)c3ccccc23)cc1. The maximum absolute atomic E-state index is 12.9. The number of carbonyl (C=O) groups excluding carboxylic acids is 2. The van der Waals surface area contributed by atoms with Crippen LogP contribution in [0.2, 0.25) is 0 Å². The van der Waals surface area contributed by atoms with Crippen LogP contribution in [0, 0.1) is 0 Å². The minimum Gasteiger partial charge on any atom is -0.350 e. The standard InChI is InChI=1S/C31H28N6O2/c1-21(38)32-25-10-12-26(13-11-25)33-31(39)18-24-20-37(28-9-5-4-8-27(24)28)30-15-14-29(34-35-30)36-17-16-22-6-2-3-7-23(22)19-36/h2-15,20H,16-19H2,1H3,(H,32,38)(H,33,39). The van der Waals surface area contributed by atoms with Crippen molar-refractivity contribution in [2.75, 3.05) is 22.1 Å². The zero-order chi connectivity index (χ0) is 26.8. The van der Waals surface area contributed by atoms with Gasteiger partial charge in [0.1, 0.15) is 0 Å². The van der Waals surface area contributed by atoms with Gasteiger partial charge >= 0.3 is 0 Å². The van der Waals surface area contributed by atoms with Crippen LogP contribution in [0.25, 0.3) is 16.7 Å². The number of amides is 2. The number of rotatable bonds is 6. The second kappa shape index (κ2) is 10.4. The van der Waals surface area contributed by atoms with Gasteiger partial charge in [0.15, 0.2) is 11.6 Å². The van der Waals surface area contributed by atoms with Crippen molar-refractivity contribution in [3.63, 3.8) is 0 Å². The van der Waals surface area contributed by atoms with E-state index < -0.39 is 0 Å². The third-order valence-electron chi connectivity index (χ3n) is 6.97. The summed E-state index contributed by atoms with van der Waals surface area (Å²) in [5.74, 6) is 1.29. The summed E-state index contributed by atoms with van der Waals surface area (Å²) in [6.07, 6.45) is 3.16. The minimum absolute atomic E-state index is 0.128. The lowest BCUT2D eigenvalue weighted by Crippen LogP contribution is -2.31. The number of para-hydroxylation sites is 1. The molecule has 0 radical (unpaired) electrons. The zero-order valence-electron chi connectivity index (χ0n) is 21.6. The molecule has 2 amide bonds. The highest BCUT2D eigenvalue weighted by atomic mass is 16.2. The van der Waals surface area contributed by atoms with Gasteiger partial charge in [0.2, 0.25) is 11.8 Å². The van der Waals surface area contributed by atoms with E-state index >= 15 is 0 Å². The lowest BCUT2D eigenvalue weighted by atomic mass is 10.00. The molecule has 0 bridgehead atoms. The first-order valence-electron chi connectivity index (χ1n) is 13.0. The number of benzene rings is 3. The van der Waals surface area contributed by atoms with E-state index in [0.29, 0.717) is 17.2 Å². The van der Waals surface area contributed by atoms with E-state index in [1.165, 1.54) is 18.1 Å². The van der Waals surface area contributed by atoms with Gasteiger partial charge in [0, 0.05) is 43.0 Å². The van der Waals surface area contributed by atoms with Crippen molar-refractivity contribution < 1.29 is 9.59 Å². The third-order valence-corrected chi connectivity index (χ3v) is 6.97. The number of carbonyl (C=O) groups is 2. The van der Waals surface area contributed by atoms with E-state index in [2.05, 4.69) is 50.0 Å². The molecule has 39 heavy (non-hydrogen) atoms. The average molecular weight is 517 g/mol. The maximum atomic E-state index is 12.9. The number of aromatic nitrogens is 3. The number of fused-ring (bicyclic) bond motifs is 2. The second-order valence-electron chi connectivity index (χ2n) is 9.71. The van der Waals surface area contributed by atoms with Crippen molar-refractivity contribution in [3.05, 3.63) is 108 Å². The Morgan fingerprint density at radius 2 is 1.46 bits per heavy atom. The minimum atomic E-state index is -0.139. The summed E-state index contributed by atoms with van der Waals surface area (Å²) in [6.45, 7) is 3.19. The van der Waals surface area contributed by atoms with E-state index in [-0.39, 0.29) is 18.2 Å². The highest BCUT2D eigenvalue weighted by molar-refractivity contribution is 5.96. The normalized spacial score (nSPS) is 12.7. The summed E-state index contributed by atoms with van der Waals surface area (Å²) in [5, 5.41) is 15.8. The predicted octanol–water partition coefficient (Wildman–Crippen LogP) is 5.12. The molecule has 3 aromatic carbocycles. The quantitative estimate of drug-likeness (QED) is 0.327. The van der Waals surface area contributed by atoms with Crippen molar-refractivity contribution in [3.8, 4) is 5.82 Å². The summed E-state index contributed by atoms with van der Waals surface area (Å²) >= 11 is 0. The van der Waals surface area contributed by atoms with E-state index in [1.54, 1.807) is 24.3 Å². The molecule has 0 aliphatic carbocycles. The van der Waals surface area contributed by atoms with Crippen LogP contribution in [-0.2, 0) is 29.0 Å². The van der Waals surface area contributed by atoms with Gasteiger partial charge in [0.05, 0.1) is 11.9 Å². The Labute approximate surface area is 226 Å². The molecule has 2 aromatic heterocycles. The molecule has 0 atom stereocenters. The van der Waals surface area contributed by atoms with Gasteiger partial charge in [0.25, 0.3) is 0 Å². The van der Waals surface area contributed by atoms with Gasteiger partial charge in [-0.2, -0.15) is 0 Å². The Morgan fingerprint density at radius 3 is 2.21 bits per heavy atom. The maximum Gasteiger partial charge on any atom is 0.228 e. The Morgan fingerprint density at radius 1 is 0.795 bits per heavy atom. The van der Waals surface area contributed by atoms with Gasteiger partial charge in [-0.05, 0) is 65.6 Å². The van der Waals surface area contributed by atoms with Crippen LogP contribution in [0.4, 0.5) is 17.2 Å². The van der Waals surface area contributed by atoms with E-state index in [9.17, 15) is 9.59 Å². The molecule has 0 fully saturated rings. The number of hydrogen-bond acceptors (Lipinski definition) is 5. The summed E-state index contributed by atoms with van der Waals surface area (Å²) < 4.78 is 1.99. The van der Waals surface area contributed by atoms with Crippen molar-refractivity contribution in [1.82, 2.24) is 14.8 Å². The van der Waals surface area contributed by atoms with Gasteiger partial charge in [-0.3, -0.25) is 14.2 Å². The molecule has 1 aliphatic rings.